The molecule has 3 fully saturated rings. The van der Waals surface area contributed by atoms with Gasteiger partial charge in [-0.25, -0.2) is 0 Å². The molecule has 15 aromatic rings. The van der Waals surface area contributed by atoms with Crippen molar-refractivity contribution >= 4 is 170 Å². The van der Waals surface area contributed by atoms with Crippen molar-refractivity contribution in [1.82, 2.24) is 0 Å². The van der Waals surface area contributed by atoms with E-state index in [1.54, 1.807) is 0 Å². The van der Waals surface area contributed by atoms with Gasteiger partial charge in [0.05, 0.1) is 33.6 Å². The van der Waals surface area contributed by atoms with Crippen LogP contribution in [0.5, 0.6) is 0 Å². The minimum atomic E-state index is -0.389. The van der Waals surface area contributed by atoms with Crippen LogP contribution in [0, 0.1) is 0 Å². The summed E-state index contributed by atoms with van der Waals surface area (Å²) in [5.74, 6) is 0. The maximum Gasteiger partial charge on any atom is 0.494 e. The van der Waals surface area contributed by atoms with Crippen molar-refractivity contribution in [2.45, 2.75) is 229 Å². The largest absolute Gasteiger partial charge is 0.494 e. The van der Waals surface area contributed by atoms with Crippen molar-refractivity contribution in [3.05, 3.63) is 422 Å². The molecule has 17 heteroatoms. The standard InChI is InChI=1S/C34H45B2NO4.C34H31N.2C22H21Br2N.C12H17BO2.CH4/c1-10-11-12-25-13-19-28(20-14-25)37(29-21-15-26(16-22-29)35-38-31(2,3)32(4,5)39-35)30-23-17-27(18-24-30)36-40-33(6,7)34(8,9)41-36;1-2-3-10-27-15-21-32(22-16-27)35(33-23-17-30(18-24-33)28-11-6-4-7-12-28)34-25-19-31(20-26-34)29-13-8-5-9-14-29;2*1-2-3-4-17-5-11-20(12-6-17)25(21-13-7-18(23)8-14-21)22-15-9-19(24)10-16-22;1-11(2)12(3,4)15-13(14-11)10-8-6-5-7-9-10;/h13-24H,10-12H2,1-9H3;4-9,11-26H,2-3,10H2,1H3;2*5-16H,2-4H2,1H3;5-9H,1-4H3;1H4. The van der Waals surface area contributed by atoms with Gasteiger partial charge in [-0.05, 0) is 389 Å². The lowest BCUT2D eigenvalue weighted by molar-refractivity contribution is 0.00578. The normalized spacial score (nSPS) is 14.7. The molecule has 3 aliphatic heterocycles. The number of hydrogen-bond donors (Lipinski definition) is 0. The molecule has 18 rings (SSSR count). The summed E-state index contributed by atoms with van der Waals surface area (Å²) in [6.07, 6.45) is 14.3. The first-order chi connectivity index (χ1) is 67.8. The van der Waals surface area contributed by atoms with E-state index < -0.39 is 0 Å². The van der Waals surface area contributed by atoms with Gasteiger partial charge >= 0.3 is 21.4 Å². The van der Waals surface area contributed by atoms with Gasteiger partial charge in [0, 0.05) is 86.1 Å². The average Bonchev–Trinajstić information content (AvgIpc) is 1.60. The summed E-state index contributed by atoms with van der Waals surface area (Å²) in [6, 6.07) is 135. The van der Waals surface area contributed by atoms with Crippen molar-refractivity contribution in [3.63, 3.8) is 0 Å². The number of benzene rings is 15. The molecule has 0 atom stereocenters. The van der Waals surface area contributed by atoms with Gasteiger partial charge in [-0.3, -0.25) is 0 Å². The van der Waals surface area contributed by atoms with Gasteiger partial charge in [0.1, 0.15) is 0 Å². The van der Waals surface area contributed by atoms with Gasteiger partial charge < -0.3 is 47.5 Å². The predicted octanol–water partition coefficient (Wildman–Crippen LogP) is 35.6. The number of nitrogens with zero attached hydrogens (tertiary/aromatic N) is 4. The predicted molar refractivity (Wildman–Crippen MR) is 621 cm³/mol. The fourth-order valence-electron chi connectivity index (χ4n) is 16.9. The molecule has 3 aliphatic rings. The van der Waals surface area contributed by atoms with E-state index in [0.29, 0.717) is 0 Å². The Morgan fingerprint density at radius 2 is 0.338 bits per heavy atom. The van der Waals surface area contributed by atoms with E-state index in [4.69, 9.17) is 27.9 Å². The van der Waals surface area contributed by atoms with E-state index in [1.165, 1.54) is 113 Å². The molecule has 3 saturated heterocycles. The van der Waals surface area contributed by atoms with Crippen molar-refractivity contribution in [3.8, 4) is 22.3 Å². The van der Waals surface area contributed by atoms with Gasteiger partial charge in [-0.15, -0.1) is 0 Å². The van der Waals surface area contributed by atoms with Crippen LogP contribution in [0.15, 0.2) is 400 Å². The smallest absolute Gasteiger partial charge is 0.399 e. The molecule has 732 valence electrons. The number of halogens is 4. The van der Waals surface area contributed by atoms with Crippen molar-refractivity contribution in [1.29, 1.82) is 0 Å². The highest BCUT2D eigenvalue weighted by Gasteiger charge is 2.54. The molecular formula is C125H139B3Br4N4O6. The second-order valence-corrected chi connectivity index (χ2v) is 43.2. The molecule has 10 nitrogen and oxygen atoms in total. The maximum absolute atomic E-state index is 6.30. The maximum atomic E-state index is 6.30. The summed E-state index contributed by atoms with van der Waals surface area (Å²) in [4.78, 5) is 9.18. The van der Waals surface area contributed by atoms with Crippen LogP contribution in [-0.2, 0) is 53.6 Å². The molecule has 0 aliphatic carbocycles. The fraction of sp³-hybridized carbons (Fsp3) is 0.280. The van der Waals surface area contributed by atoms with Crippen LogP contribution in [0.25, 0.3) is 22.3 Å². The number of anilines is 12. The third kappa shape index (κ3) is 28.3. The first-order valence-electron chi connectivity index (χ1n) is 50.0. The number of unbranched alkanes of at least 4 members (excludes halogenated alkanes) is 4. The summed E-state index contributed by atoms with van der Waals surface area (Å²) in [6.45, 7) is 33.9. The van der Waals surface area contributed by atoms with Gasteiger partial charge in [-0.2, -0.15) is 0 Å². The fourth-order valence-corrected chi connectivity index (χ4v) is 18.0. The van der Waals surface area contributed by atoms with Crippen molar-refractivity contribution < 1.29 is 27.9 Å². The molecule has 0 aromatic heterocycles. The van der Waals surface area contributed by atoms with Crippen LogP contribution < -0.4 is 36.0 Å². The Morgan fingerprint density at radius 3 is 0.521 bits per heavy atom. The van der Waals surface area contributed by atoms with Crippen LogP contribution in [0.3, 0.4) is 0 Å². The van der Waals surface area contributed by atoms with E-state index in [9.17, 15) is 0 Å². The summed E-state index contributed by atoms with van der Waals surface area (Å²) < 4.78 is 41.4. The second-order valence-electron chi connectivity index (χ2n) is 39.5. The second kappa shape index (κ2) is 50.3. The highest BCUT2D eigenvalue weighted by atomic mass is 79.9. The molecule has 0 N–H and O–H groups in total. The number of aryl methyl sites for hydroxylation is 4. The lowest BCUT2D eigenvalue weighted by atomic mass is 9.79. The van der Waals surface area contributed by atoms with Gasteiger partial charge in [0.2, 0.25) is 0 Å². The summed E-state index contributed by atoms with van der Waals surface area (Å²) in [7, 11) is -1.02. The molecule has 142 heavy (non-hydrogen) atoms. The Labute approximate surface area is 883 Å². The van der Waals surface area contributed by atoms with Crippen LogP contribution in [0.2, 0.25) is 0 Å². The zero-order chi connectivity index (χ0) is 99.9. The van der Waals surface area contributed by atoms with E-state index >= 15 is 0 Å². The zero-order valence-electron chi connectivity index (χ0n) is 84.8. The van der Waals surface area contributed by atoms with Crippen LogP contribution in [-0.4, -0.2) is 55.0 Å². The first kappa shape index (κ1) is 109. The topological polar surface area (TPSA) is 68.3 Å². The SMILES string of the molecule is C.CC1(C)OB(c2ccccc2)OC1(C)C.CCCCc1ccc(N(c2ccc(-c3ccccc3)cc2)c2ccc(-c3ccccc3)cc2)cc1.CCCCc1ccc(N(c2ccc(B3OC(C)(C)C(C)(C)O3)cc2)c2ccc(B3OC(C)(C)C(C)(C)O3)cc2)cc1.CCCCc1ccc(N(c2ccc(Br)cc2)c2ccc(Br)cc2)cc1.CCCCc1ccc(N(c2ccc(Br)cc2)c2ccc(Br)cc2)cc1. The minimum Gasteiger partial charge on any atom is -0.399 e. The summed E-state index contributed by atoms with van der Waals surface area (Å²) in [5, 5.41) is 0. The number of hydrogen-bond acceptors (Lipinski definition) is 10. The molecule has 3 heterocycles. The van der Waals surface area contributed by atoms with Gasteiger partial charge in [0.15, 0.2) is 0 Å². The average molecular weight is 2150 g/mol. The molecule has 0 unspecified atom stereocenters. The Bertz CT molecular complexity index is 5910. The molecule has 0 radical (unpaired) electrons. The van der Waals surface area contributed by atoms with Gasteiger partial charge in [-0.1, -0.05) is 313 Å². The minimum absolute atomic E-state index is 0. The molecule has 0 spiro atoms. The summed E-state index contributed by atoms with van der Waals surface area (Å²) >= 11 is 14.1. The Hall–Kier alpha value is -10.6. The van der Waals surface area contributed by atoms with Crippen LogP contribution >= 0.6 is 63.7 Å². The van der Waals surface area contributed by atoms with E-state index in [-0.39, 0.29) is 62.4 Å². The highest BCUT2D eigenvalue weighted by Crippen LogP contribution is 2.45. The molecule has 0 amide bonds. The van der Waals surface area contributed by atoms with E-state index in [2.05, 4.69) is 546 Å². The Kier molecular flexibility index (Phi) is 38.4. The third-order valence-corrected chi connectivity index (χ3v) is 29.7. The first-order valence-corrected chi connectivity index (χ1v) is 53.2. The van der Waals surface area contributed by atoms with Crippen molar-refractivity contribution in [2.24, 2.45) is 0 Å². The molecule has 15 aromatic carbocycles. The number of rotatable bonds is 29. The lowest BCUT2D eigenvalue weighted by Crippen LogP contribution is -2.41. The summed E-state index contributed by atoms with van der Waals surface area (Å²) in [5.41, 5.74) is 25.2. The third-order valence-electron chi connectivity index (χ3n) is 27.5. The monoisotopic (exact) mass is 2140 g/mol. The Balaban J connectivity index is 0.000000154. The van der Waals surface area contributed by atoms with Gasteiger partial charge in [0.25, 0.3) is 0 Å². The Morgan fingerprint density at radius 1 is 0.190 bits per heavy atom. The molecular weight excluding hydrogens is 2010 g/mol. The van der Waals surface area contributed by atoms with Crippen LogP contribution in [0.4, 0.5) is 68.2 Å². The highest BCUT2D eigenvalue weighted by molar-refractivity contribution is 9.11. The molecule has 0 bridgehead atoms. The zero-order valence-corrected chi connectivity index (χ0v) is 91.2. The quantitative estimate of drug-likeness (QED) is 0.0424. The van der Waals surface area contributed by atoms with Crippen molar-refractivity contribution in [2.75, 3.05) is 19.6 Å². The van der Waals surface area contributed by atoms with E-state index in [0.717, 1.165) is 111 Å². The van der Waals surface area contributed by atoms with E-state index in [1.807, 2.05) is 30.3 Å². The van der Waals surface area contributed by atoms with Crippen LogP contribution in [0.1, 0.15) is 192 Å². The molecule has 0 saturated carbocycles. The lowest BCUT2D eigenvalue weighted by Gasteiger charge is -2.32.